The van der Waals surface area contributed by atoms with Crippen molar-refractivity contribution in [3.63, 3.8) is 0 Å². The van der Waals surface area contributed by atoms with E-state index >= 15 is 0 Å². The molecule has 1 aromatic carbocycles. The van der Waals surface area contributed by atoms with Gasteiger partial charge in [-0.25, -0.2) is 0 Å². The molecule has 1 unspecified atom stereocenters. The lowest BCUT2D eigenvalue weighted by Crippen LogP contribution is -2.32. The summed E-state index contributed by atoms with van der Waals surface area (Å²) in [5.74, 6) is 1.50. The summed E-state index contributed by atoms with van der Waals surface area (Å²) in [4.78, 5) is 0. The van der Waals surface area contributed by atoms with Gasteiger partial charge in [0.1, 0.15) is 11.4 Å². The third-order valence-corrected chi connectivity index (χ3v) is 5.38. The third kappa shape index (κ3) is 3.33. The molecule has 3 aliphatic rings. The lowest BCUT2D eigenvalue weighted by atomic mass is 9.81. The van der Waals surface area contributed by atoms with Crippen LogP contribution in [-0.2, 0) is 0 Å². The second-order valence-electron chi connectivity index (χ2n) is 7.53. The number of fused-ring (bicyclic) bond motifs is 5. The summed E-state index contributed by atoms with van der Waals surface area (Å²) in [5, 5.41) is 10.9. The minimum Gasteiger partial charge on any atom is -0.504 e. The number of phenols is 1. The van der Waals surface area contributed by atoms with Crippen LogP contribution in [0.15, 0.2) is 35.9 Å². The Morgan fingerprint density at radius 1 is 1.44 bits per heavy atom. The summed E-state index contributed by atoms with van der Waals surface area (Å²) in [6.07, 6.45) is 10.3. The number of hydrogen-bond acceptors (Lipinski definition) is 3. The van der Waals surface area contributed by atoms with Crippen LogP contribution in [0, 0.1) is 0 Å². The zero-order chi connectivity index (χ0) is 18.2. The first-order valence-corrected chi connectivity index (χ1v) is 8.98. The van der Waals surface area contributed by atoms with E-state index in [4.69, 9.17) is 9.47 Å². The van der Waals surface area contributed by atoms with E-state index in [1.807, 2.05) is 6.92 Å². The van der Waals surface area contributed by atoms with Crippen molar-refractivity contribution in [3.8, 4) is 17.2 Å². The fourth-order valence-electron chi connectivity index (χ4n) is 3.82. The van der Waals surface area contributed by atoms with E-state index in [-0.39, 0.29) is 17.3 Å². The van der Waals surface area contributed by atoms with Gasteiger partial charge in [-0.2, -0.15) is 0 Å². The maximum Gasteiger partial charge on any atom is 0.164 e. The summed E-state index contributed by atoms with van der Waals surface area (Å²) < 4.78 is 11.8. The van der Waals surface area contributed by atoms with E-state index in [0.29, 0.717) is 5.75 Å². The van der Waals surface area contributed by atoms with Gasteiger partial charge in [-0.15, -0.1) is 0 Å². The summed E-state index contributed by atoms with van der Waals surface area (Å²) in [6, 6.07) is 1.80. The van der Waals surface area contributed by atoms with Crippen LogP contribution in [-0.4, -0.2) is 17.8 Å². The van der Waals surface area contributed by atoms with E-state index < -0.39 is 0 Å². The molecule has 1 aliphatic carbocycles. The molecular weight excluding hydrogens is 312 g/mol. The predicted octanol–water partition coefficient (Wildman–Crippen LogP) is 5.75. The maximum absolute atomic E-state index is 10.9. The molecule has 2 atom stereocenters. The normalized spacial score (nSPS) is 27.5. The van der Waals surface area contributed by atoms with Crippen molar-refractivity contribution in [3.05, 3.63) is 47.1 Å². The van der Waals surface area contributed by atoms with Gasteiger partial charge in [0.15, 0.2) is 11.5 Å². The number of rotatable bonds is 2. The maximum atomic E-state index is 10.9. The Kier molecular flexibility index (Phi) is 4.68. The smallest absolute Gasteiger partial charge is 0.164 e. The van der Waals surface area contributed by atoms with E-state index in [0.717, 1.165) is 48.1 Å². The fraction of sp³-hybridized carbons (Fsp3) is 0.455. The molecule has 4 bridgehead atoms. The third-order valence-electron chi connectivity index (χ3n) is 5.38. The molecule has 0 amide bonds. The van der Waals surface area contributed by atoms with Crippen LogP contribution in [0.3, 0.4) is 0 Å². The van der Waals surface area contributed by atoms with Crippen molar-refractivity contribution in [2.24, 2.45) is 0 Å². The molecule has 0 saturated carbocycles. The van der Waals surface area contributed by atoms with Crippen molar-refractivity contribution in [2.75, 3.05) is 7.11 Å². The largest absolute Gasteiger partial charge is 0.504 e. The zero-order valence-corrected chi connectivity index (χ0v) is 15.7. The first-order valence-electron chi connectivity index (χ1n) is 8.98. The van der Waals surface area contributed by atoms with E-state index in [1.54, 1.807) is 13.2 Å². The Morgan fingerprint density at radius 2 is 2.20 bits per heavy atom. The van der Waals surface area contributed by atoms with Crippen molar-refractivity contribution in [1.29, 1.82) is 0 Å². The van der Waals surface area contributed by atoms with Crippen LogP contribution >= 0.6 is 0 Å². The van der Waals surface area contributed by atoms with Gasteiger partial charge in [-0.05, 0) is 52.5 Å². The first-order chi connectivity index (χ1) is 11.8. The quantitative estimate of drug-likeness (QED) is 0.697. The van der Waals surface area contributed by atoms with Gasteiger partial charge in [0.25, 0.3) is 0 Å². The molecule has 25 heavy (non-hydrogen) atoms. The molecule has 3 nitrogen and oxygen atoms in total. The summed E-state index contributed by atoms with van der Waals surface area (Å²) in [7, 11) is 1.58. The predicted molar refractivity (Wildman–Crippen MR) is 103 cm³/mol. The molecular formula is C22H28O3. The van der Waals surface area contributed by atoms with Crippen LogP contribution in [0.25, 0.3) is 6.08 Å². The van der Waals surface area contributed by atoms with Crippen molar-refractivity contribution in [2.45, 2.75) is 58.0 Å². The molecule has 0 aromatic heterocycles. The average molecular weight is 340 g/mol. The SMILES string of the molecule is C=C(C)C1CC/C(C)=C/CC[C@]2(C)C=Cc3c(cc(OC)c(O)c31)O2. The molecule has 0 spiro atoms. The number of hydrogen-bond donors (Lipinski definition) is 1. The van der Waals surface area contributed by atoms with E-state index in [2.05, 4.69) is 38.7 Å². The van der Waals surface area contributed by atoms with Crippen LogP contribution in [0.1, 0.15) is 63.5 Å². The highest BCUT2D eigenvalue weighted by Gasteiger charge is 2.32. The van der Waals surface area contributed by atoms with Crippen molar-refractivity contribution < 1.29 is 14.6 Å². The minimum absolute atomic E-state index is 0.0595. The first kappa shape index (κ1) is 17.7. The summed E-state index contributed by atoms with van der Waals surface area (Å²) >= 11 is 0. The molecule has 1 N–H and O–H groups in total. The van der Waals surface area contributed by atoms with Gasteiger partial charge in [0.05, 0.1) is 7.11 Å². The highest BCUT2D eigenvalue weighted by Crippen LogP contribution is 2.49. The second kappa shape index (κ2) is 6.62. The molecule has 134 valence electrons. The Labute approximate surface area is 150 Å². The average Bonchev–Trinajstić information content (AvgIpc) is 2.55. The van der Waals surface area contributed by atoms with Gasteiger partial charge in [0.2, 0.25) is 0 Å². The van der Waals surface area contributed by atoms with Gasteiger partial charge in [-0.3, -0.25) is 0 Å². The number of aromatic hydroxyl groups is 1. The lowest BCUT2D eigenvalue weighted by Gasteiger charge is -2.34. The standard InChI is InChI=1S/C22H28O3/c1-14(2)16-9-8-15(3)7-6-11-22(4)12-10-17-18(25-22)13-19(24-5)21(23)20(16)17/h7,10,12-13,16,23H,1,6,8-9,11H2,2-5H3/b15-7+/t16?,22-/m1/s1. The number of methoxy groups -OCH3 is 1. The Bertz CT molecular complexity index is 757. The van der Waals surface area contributed by atoms with Crippen LogP contribution < -0.4 is 9.47 Å². The van der Waals surface area contributed by atoms with Crippen LogP contribution in [0.2, 0.25) is 0 Å². The van der Waals surface area contributed by atoms with Gasteiger partial charge < -0.3 is 14.6 Å². The Morgan fingerprint density at radius 3 is 2.88 bits per heavy atom. The van der Waals surface area contributed by atoms with Gasteiger partial charge in [0, 0.05) is 23.1 Å². The zero-order valence-electron chi connectivity index (χ0n) is 15.7. The summed E-state index contributed by atoms with van der Waals surface area (Å²) in [5.41, 5.74) is 3.89. The molecule has 0 fully saturated rings. The Hall–Kier alpha value is -2.16. The van der Waals surface area contributed by atoms with Crippen LogP contribution in [0.5, 0.6) is 17.2 Å². The Balaban J connectivity index is 2.24. The molecule has 0 saturated heterocycles. The minimum atomic E-state index is -0.346. The van der Waals surface area contributed by atoms with Crippen molar-refractivity contribution >= 4 is 6.08 Å². The van der Waals surface area contributed by atoms with Gasteiger partial charge >= 0.3 is 0 Å². The molecule has 3 heteroatoms. The highest BCUT2D eigenvalue weighted by atomic mass is 16.5. The van der Waals surface area contributed by atoms with E-state index in [9.17, 15) is 5.11 Å². The highest BCUT2D eigenvalue weighted by molar-refractivity contribution is 5.72. The molecule has 2 heterocycles. The van der Waals surface area contributed by atoms with Crippen LogP contribution in [0.4, 0.5) is 0 Å². The number of benzene rings is 1. The number of ether oxygens (including phenoxy) is 2. The summed E-state index contributed by atoms with van der Waals surface area (Å²) in [6.45, 7) is 10.5. The topological polar surface area (TPSA) is 38.7 Å². The second-order valence-corrected chi connectivity index (χ2v) is 7.53. The lowest BCUT2D eigenvalue weighted by molar-refractivity contribution is 0.127. The molecule has 4 rings (SSSR count). The monoisotopic (exact) mass is 340 g/mol. The van der Waals surface area contributed by atoms with Gasteiger partial charge in [-0.1, -0.05) is 29.9 Å². The van der Waals surface area contributed by atoms with E-state index in [1.165, 1.54) is 5.57 Å². The molecule has 2 aliphatic heterocycles. The number of allylic oxidation sites excluding steroid dienone is 3. The van der Waals surface area contributed by atoms with Crippen molar-refractivity contribution in [1.82, 2.24) is 0 Å². The molecule has 1 aromatic rings. The fourth-order valence-corrected chi connectivity index (χ4v) is 3.82. The molecule has 0 radical (unpaired) electrons. The number of phenolic OH excluding ortho intramolecular Hbond substituents is 1.